The van der Waals surface area contributed by atoms with Gasteiger partial charge in [-0.3, -0.25) is 29.8 Å². The van der Waals surface area contributed by atoms with Gasteiger partial charge in [-0.2, -0.15) is 0 Å². The maximum atomic E-state index is 13.8. The van der Waals surface area contributed by atoms with Gasteiger partial charge in [0.25, 0.3) is 0 Å². The fourth-order valence-electron chi connectivity index (χ4n) is 7.80. The molecule has 8 N–H and O–H groups in total. The van der Waals surface area contributed by atoms with Crippen LogP contribution in [0.1, 0.15) is 88.2 Å². The molecule has 15 nitrogen and oxygen atoms in total. The number of hydrogen-bond donors (Lipinski definition) is 7. The Hall–Kier alpha value is -4.86. The molecule has 4 rings (SSSR count). The number of amides is 3. The number of carbonyl (C=O) groups is 6. The predicted molar refractivity (Wildman–Crippen MR) is 213 cm³/mol. The van der Waals surface area contributed by atoms with Crippen LogP contribution in [-0.4, -0.2) is 123 Å². The number of nitrogens with one attached hydrogen (secondary N) is 3. The van der Waals surface area contributed by atoms with Crippen molar-refractivity contribution in [3.8, 4) is 0 Å². The van der Waals surface area contributed by atoms with Crippen molar-refractivity contribution in [2.75, 3.05) is 26.2 Å². The van der Waals surface area contributed by atoms with E-state index in [1.165, 1.54) is 9.80 Å². The van der Waals surface area contributed by atoms with Crippen molar-refractivity contribution in [1.82, 2.24) is 25.8 Å². The first-order valence-electron chi connectivity index (χ1n) is 20.4. The monoisotopic (exact) mass is 792 g/mol. The van der Waals surface area contributed by atoms with E-state index in [9.17, 15) is 44.1 Å². The molecule has 0 radical (unpaired) electrons. The van der Waals surface area contributed by atoms with Gasteiger partial charge in [0, 0.05) is 19.6 Å². The van der Waals surface area contributed by atoms with Gasteiger partial charge in [0.15, 0.2) is 0 Å². The number of carboxylic acid groups (broad SMARTS) is 3. The van der Waals surface area contributed by atoms with E-state index in [0.29, 0.717) is 90.1 Å². The number of likely N-dealkylation sites (tertiary alicyclic amines) is 2. The predicted octanol–water partition coefficient (Wildman–Crippen LogP) is 2.56. The highest BCUT2D eigenvalue weighted by molar-refractivity contribution is 5.89. The van der Waals surface area contributed by atoms with Crippen molar-refractivity contribution in [1.29, 1.82) is 0 Å². The Labute approximate surface area is 334 Å². The molecule has 2 aromatic carbocycles. The Balaban J connectivity index is 1.42. The van der Waals surface area contributed by atoms with Crippen LogP contribution in [0.5, 0.6) is 0 Å². The lowest BCUT2D eigenvalue weighted by atomic mass is 10.0. The van der Waals surface area contributed by atoms with E-state index >= 15 is 0 Å². The Morgan fingerprint density at radius 2 is 1.07 bits per heavy atom. The smallest absolute Gasteiger partial charge is 0.326 e. The molecule has 0 aliphatic carbocycles. The van der Waals surface area contributed by atoms with Crippen molar-refractivity contribution in [2.45, 2.75) is 126 Å². The number of nitrogens with zero attached hydrogens (tertiary/aromatic N) is 2. The third-order valence-electron chi connectivity index (χ3n) is 11.0. The molecule has 2 aromatic rings. The Bertz CT molecular complexity index is 1610. The highest BCUT2D eigenvalue weighted by Crippen LogP contribution is 2.22. The second-order valence-electron chi connectivity index (χ2n) is 15.1. The van der Waals surface area contributed by atoms with Crippen LogP contribution in [0, 0.1) is 0 Å². The summed E-state index contributed by atoms with van der Waals surface area (Å²) in [5.74, 6) is -4.37. The molecule has 2 aliphatic rings. The first-order chi connectivity index (χ1) is 27.5. The molecule has 6 atom stereocenters. The second-order valence-corrected chi connectivity index (χ2v) is 15.1. The van der Waals surface area contributed by atoms with Gasteiger partial charge in [0.1, 0.15) is 18.1 Å². The van der Waals surface area contributed by atoms with Gasteiger partial charge in [-0.25, -0.2) is 9.59 Å². The van der Waals surface area contributed by atoms with Crippen molar-refractivity contribution < 1.29 is 44.1 Å². The Morgan fingerprint density at radius 3 is 1.53 bits per heavy atom. The third-order valence-corrected chi connectivity index (χ3v) is 11.0. The number of aliphatic carboxylic acids is 3. The summed E-state index contributed by atoms with van der Waals surface area (Å²) in [4.78, 5) is 80.4. The lowest BCUT2D eigenvalue weighted by Gasteiger charge is -2.30. The van der Waals surface area contributed by atoms with Crippen LogP contribution in [0.3, 0.4) is 0 Å². The molecule has 0 saturated carbocycles. The van der Waals surface area contributed by atoms with Gasteiger partial charge in [-0.05, 0) is 101 Å². The van der Waals surface area contributed by atoms with Crippen molar-refractivity contribution in [3.05, 3.63) is 71.8 Å². The van der Waals surface area contributed by atoms with Crippen molar-refractivity contribution >= 4 is 35.6 Å². The van der Waals surface area contributed by atoms with Gasteiger partial charge in [-0.1, -0.05) is 67.1 Å². The molecule has 0 aromatic heterocycles. The SMILES string of the molecule is NCCCCC(NC(CCc1ccccc1)C(=O)NCCCCC(NC(CCc1ccccc1)C(=O)O)C(=O)N1CCC[C@H]1C(=O)O)C(=O)N1CCC[C@H]1C(=O)O. The molecule has 57 heavy (non-hydrogen) atoms. The molecular formula is C42H60N6O9. The summed E-state index contributed by atoms with van der Waals surface area (Å²) in [5.41, 5.74) is 7.71. The molecular weight excluding hydrogens is 732 g/mol. The van der Waals surface area contributed by atoms with Crippen molar-refractivity contribution in [3.63, 3.8) is 0 Å². The van der Waals surface area contributed by atoms with Gasteiger partial charge in [-0.15, -0.1) is 0 Å². The van der Waals surface area contributed by atoms with Crippen molar-refractivity contribution in [2.24, 2.45) is 5.73 Å². The van der Waals surface area contributed by atoms with E-state index in [1.807, 2.05) is 60.7 Å². The zero-order chi connectivity index (χ0) is 41.2. The molecule has 2 fully saturated rings. The molecule has 2 saturated heterocycles. The number of hydrogen-bond acceptors (Lipinski definition) is 9. The summed E-state index contributed by atoms with van der Waals surface area (Å²) >= 11 is 0. The molecule has 2 aliphatic heterocycles. The largest absolute Gasteiger partial charge is 0.480 e. The Morgan fingerprint density at radius 1 is 0.614 bits per heavy atom. The highest BCUT2D eigenvalue weighted by Gasteiger charge is 2.39. The van der Waals surface area contributed by atoms with E-state index in [4.69, 9.17) is 5.73 Å². The van der Waals surface area contributed by atoms with Crippen LogP contribution < -0.4 is 21.7 Å². The summed E-state index contributed by atoms with van der Waals surface area (Å²) in [7, 11) is 0. The topological polar surface area (TPSA) is 232 Å². The second kappa shape index (κ2) is 23.4. The molecule has 15 heteroatoms. The normalized spacial score (nSPS) is 18.8. The van der Waals surface area contributed by atoms with Crippen LogP contribution in [0.2, 0.25) is 0 Å². The zero-order valence-electron chi connectivity index (χ0n) is 32.7. The number of carbonyl (C=O) groups excluding carboxylic acids is 3. The van der Waals surface area contributed by atoms with E-state index in [1.54, 1.807) is 0 Å². The summed E-state index contributed by atoms with van der Waals surface area (Å²) in [6, 6.07) is 13.6. The fraction of sp³-hybridized carbons (Fsp3) is 0.571. The van der Waals surface area contributed by atoms with E-state index in [-0.39, 0.29) is 37.7 Å². The van der Waals surface area contributed by atoms with Crippen LogP contribution in [0.15, 0.2) is 60.7 Å². The quantitative estimate of drug-likeness (QED) is 0.0720. The lowest BCUT2D eigenvalue weighted by molar-refractivity contribution is -0.149. The highest BCUT2D eigenvalue weighted by atomic mass is 16.4. The summed E-state index contributed by atoms with van der Waals surface area (Å²) in [6.45, 7) is 1.28. The van der Waals surface area contributed by atoms with Gasteiger partial charge in [0.05, 0.1) is 18.1 Å². The van der Waals surface area contributed by atoms with Crippen LogP contribution in [0.4, 0.5) is 0 Å². The van der Waals surface area contributed by atoms with Crippen LogP contribution in [-0.2, 0) is 41.6 Å². The molecule has 3 amide bonds. The first-order valence-corrected chi connectivity index (χ1v) is 20.4. The van der Waals surface area contributed by atoms with Crippen LogP contribution in [0.25, 0.3) is 0 Å². The minimum absolute atomic E-state index is 0.223. The van der Waals surface area contributed by atoms with E-state index in [2.05, 4.69) is 16.0 Å². The van der Waals surface area contributed by atoms with Gasteiger partial charge in [0.2, 0.25) is 17.7 Å². The summed E-state index contributed by atoms with van der Waals surface area (Å²) in [6.07, 6.45) is 6.21. The van der Waals surface area contributed by atoms with E-state index in [0.717, 1.165) is 11.1 Å². The molecule has 312 valence electrons. The number of nitrogens with two attached hydrogens (primary N) is 1. The average molecular weight is 793 g/mol. The van der Waals surface area contributed by atoms with Gasteiger partial charge >= 0.3 is 17.9 Å². The number of carboxylic acids is 3. The summed E-state index contributed by atoms with van der Waals surface area (Å²) < 4.78 is 0. The minimum Gasteiger partial charge on any atom is -0.480 e. The number of aryl methyl sites for hydroxylation is 2. The lowest BCUT2D eigenvalue weighted by Crippen LogP contribution is -2.56. The number of rotatable bonds is 25. The third kappa shape index (κ3) is 13.9. The zero-order valence-corrected chi connectivity index (χ0v) is 32.7. The Kier molecular flexibility index (Phi) is 18.4. The maximum absolute atomic E-state index is 13.8. The molecule has 0 spiro atoms. The standard InChI is InChI=1S/C42H60N6O9/c43-25-9-7-17-32(38(50)47-27-11-19-35(47)41(54)55)45-31(23-21-29-13-3-1-4-14-29)37(49)44-26-10-8-18-33(39(51)48-28-12-20-36(48)42(56)57)46-34(40(52)53)24-22-30-15-5-2-6-16-30/h1-6,13-16,31-36,45-46H,7-12,17-28,43H2,(H,44,49)(H,52,53)(H,54,55)(H,56,57)/t31?,32?,33?,34?,35-,36-/m0/s1. The minimum atomic E-state index is -1.11. The van der Waals surface area contributed by atoms with Gasteiger partial charge < -0.3 is 36.2 Å². The number of benzene rings is 2. The maximum Gasteiger partial charge on any atom is 0.326 e. The average Bonchev–Trinajstić information content (AvgIpc) is 3.91. The fourth-order valence-corrected chi connectivity index (χ4v) is 7.80. The molecule has 4 unspecified atom stereocenters. The molecule has 2 heterocycles. The summed E-state index contributed by atoms with van der Waals surface area (Å²) in [5, 5.41) is 38.9. The van der Waals surface area contributed by atoms with E-state index < -0.39 is 60.1 Å². The molecule has 0 bridgehead atoms. The first kappa shape index (κ1) is 44.8. The number of unbranched alkanes of at least 4 members (excludes halogenated alkanes) is 2. The van der Waals surface area contributed by atoms with Crippen LogP contribution >= 0.6 is 0 Å².